The van der Waals surface area contributed by atoms with E-state index in [1.807, 2.05) is 18.2 Å². The first-order valence-electron chi connectivity index (χ1n) is 11.6. The van der Waals surface area contributed by atoms with Crippen LogP contribution in [0.15, 0.2) is 79.0 Å². The van der Waals surface area contributed by atoms with Gasteiger partial charge in [0.25, 0.3) is 0 Å². The number of amides is 2. The zero-order chi connectivity index (χ0) is 22.5. The molecule has 0 radical (unpaired) electrons. The predicted octanol–water partition coefficient (Wildman–Crippen LogP) is 5.14. The van der Waals surface area contributed by atoms with E-state index in [2.05, 4.69) is 80.3 Å². The van der Waals surface area contributed by atoms with Crippen LogP contribution >= 0.6 is 0 Å². The molecule has 1 unspecified atom stereocenters. The highest BCUT2D eigenvalue weighted by Gasteiger charge is 2.26. The summed E-state index contributed by atoms with van der Waals surface area (Å²) >= 11 is 0. The van der Waals surface area contributed by atoms with E-state index in [0.717, 1.165) is 48.8 Å². The summed E-state index contributed by atoms with van der Waals surface area (Å²) in [5.41, 5.74) is 5.72. The molecule has 1 aliphatic heterocycles. The fraction of sp³-hybridized carbons (Fsp3) is 0.259. The van der Waals surface area contributed by atoms with Gasteiger partial charge in [0.2, 0.25) is 0 Å². The van der Waals surface area contributed by atoms with Crippen LogP contribution in [0.2, 0.25) is 0 Å². The molecule has 0 saturated carbocycles. The van der Waals surface area contributed by atoms with Crippen LogP contribution in [0.5, 0.6) is 0 Å². The number of aryl methyl sites for hydroxylation is 2. The second-order valence-corrected chi connectivity index (χ2v) is 8.58. The van der Waals surface area contributed by atoms with Gasteiger partial charge in [-0.1, -0.05) is 54.6 Å². The fourth-order valence-corrected chi connectivity index (χ4v) is 4.74. The van der Waals surface area contributed by atoms with Gasteiger partial charge in [-0.3, -0.25) is 5.10 Å². The molecule has 33 heavy (non-hydrogen) atoms. The summed E-state index contributed by atoms with van der Waals surface area (Å²) in [6.45, 7) is 1.57. The molecule has 5 rings (SSSR count). The molecule has 0 saturated heterocycles. The van der Waals surface area contributed by atoms with Gasteiger partial charge in [-0.25, -0.2) is 4.79 Å². The van der Waals surface area contributed by atoms with Gasteiger partial charge in [-0.15, -0.1) is 0 Å². The van der Waals surface area contributed by atoms with Crippen LogP contribution in [0.25, 0.3) is 10.9 Å². The Hall–Kier alpha value is -3.80. The van der Waals surface area contributed by atoms with Crippen molar-refractivity contribution in [1.29, 1.82) is 0 Å². The van der Waals surface area contributed by atoms with Crippen molar-refractivity contribution in [1.82, 2.24) is 15.5 Å². The second-order valence-electron chi connectivity index (χ2n) is 8.58. The fourth-order valence-electron chi connectivity index (χ4n) is 4.74. The van der Waals surface area contributed by atoms with E-state index in [1.165, 1.54) is 16.8 Å². The minimum absolute atomic E-state index is 0.188. The Morgan fingerprint density at radius 2 is 1.88 bits per heavy atom. The topological polar surface area (TPSA) is 73.1 Å². The van der Waals surface area contributed by atoms with Crippen molar-refractivity contribution < 1.29 is 4.79 Å². The van der Waals surface area contributed by atoms with Gasteiger partial charge in [0.1, 0.15) is 0 Å². The normalized spacial score (nSPS) is 15.3. The number of carbonyl (C=O) groups excluding carboxylic acids is 1. The van der Waals surface area contributed by atoms with Gasteiger partial charge < -0.3 is 15.5 Å². The van der Waals surface area contributed by atoms with Gasteiger partial charge in [-0.2, -0.15) is 5.10 Å². The molecular formula is C27H29N5O. The molecule has 0 fully saturated rings. The molecule has 6 heteroatoms. The summed E-state index contributed by atoms with van der Waals surface area (Å²) in [6, 6.07) is 25.1. The molecule has 3 N–H and O–H groups in total. The van der Waals surface area contributed by atoms with Crippen LogP contribution in [0.1, 0.15) is 24.0 Å². The number of rotatable bonds is 7. The van der Waals surface area contributed by atoms with Crippen molar-refractivity contribution in [2.24, 2.45) is 0 Å². The molecule has 6 nitrogen and oxygen atoms in total. The van der Waals surface area contributed by atoms with Crippen LogP contribution in [-0.4, -0.2) is 35.4 Å². The van der Waals surface area contributed by atoms with Crippen molar-refractivity contribution in [3.8, 4) is 0 Å². The molecule has 4 aromatic rings. The van der Waals surface area contributed by atoms with Crippen molar-refractivity contribution in [3.63, 3.8) is 0 Å². The predicted molar refractivity (Wildman–Crippen MR) is 134 cm³/mol. The van der Waals surface area contributed by atoms with E-state index in [4.69, 9.17) is 0 Å². The van der Waals surface area contributed by atoms with Crippen LogP contribution in [-0.2, 0) is 12.8 Å². The van der Waals surface area contributed by atoms with Crippen molar-refractivity contribution in [3.05, 3.63) is 90.1 Å². The molecule has 168 valence electrons. The lowest BCUT2D eigenvalue weighted by atomic mass is 9.95. The van der Waals surface area contributed by atoms with Crippen molar-refractivity contribution >= 4 is 28.3 Å². The Kier molecular flexibility index (Phi) is 6.24. The SMILES string of the molecule is O=C(NCC1CCc2ccccc2N1CCCc1ccccc1)Nc1cccc2[nH]ncc12. The summed E-state index contributed by atoms with van der Waals surface area (Å²) in [5, 5.41) is 14.0. The first-order valence-corrected chi connectivity index (χ1v) is 11.6. The number of carbonyl (C=O) groups is 1. The summed E-state index contributed by atoms with van der Waals surface area (Å²) in [7, 11) is 0. The lowest BCUT2D eigenvalue weighted by molar-refractivity contribution is 0.251. The van der Waals surface area contributed by atoms with Gasteiger partial charge in [0.05, 0.1) is 17.4 Å². The quantitative estimate of drug-likeness (QED) is 0.373. The maximum absolute atomic E-state index is 12.7. The summed E-state index contributed by atoms with van der Waals surface area (Å²) in [6.07, 6.45) is 5.92. The first kappa shape index (κ1) is 21.1. The molecule has 2 amide bonds. The molecular weight excluding hydrogens is 410 g/mol. The van der Waals surface area contributed by atoms with E-state index < -0.39 is 0 Å². The summed E-state index contributed by atoms with van der Waals surface area (Å²) in [5.74, 6) is 0. The van der Waals surface area contributed by atoms with Crippen molar-refractivity contribution in [2.45, 2.75) is 31.7 Å². The Bertz CT molecular complexity index is 1220. The van der Waals surface area contributed by atoms with Gasteiger partial charge >= 0.3 is 6.03 Å². The van der Waals surface area contributed by atoms with E-state index in [0.29, 0.717) is 6.54 Å². The lowest BCUT2D eigenvalue weighted by Gasteiger charge is -2.39. The Morgan fingerprint density at radius 3 is 2.79 bits per heavy atom. The molecule has 3 aromatic carbocycles. The molecule has 0 spiro atoms. The number of aromatic nitrogens is 2. The third-order valence-corrected chi connectivity index (χ3v) is 6.43. The van der Waals surface area contributed by atoms with Crippen LogP contribution in [0, 0.1) is 0 Å². The number of benzene rings is 3. The first-order chi connectivity index (χ1) is 16.3. The molecule has 0 aliphatic carbocycles. The number of nitrogens with one attached hydrogen (secondary N) is 3. The molecule has 2 heterocycles. The number of H-pyrrole nitrogens is 1. The highest BCUT2D eigenvalue weighted by atomic mass is 16.2. The van der Waals surface area contributed by atoms with Crippen LogP contribution in [0.3, 0.4) is 0 Å². The zero-order valence-corrected chi connectivity index (χ0v) is 18.6. The maximum Gasteiger partial charge on any atom is 0.319 e. The summed E-state index contributed by atoms with van der Waals surface area (Å²) in [4.78, 5) is 15.2. The number of nitrogens with zero attached hydrogens (tertiary/aromatic N) is 2. The second kappa shape index (κ2) is 9.77. The molecule has 0 bridgehead atoms. The van der Waals surface area contributed by atoms with Gasteiger partial charge in [0.15, 0.2) is 0 Å². The molecule has 1 aromatic heterocycles. The number of urea groups is 1. The number of fused-ring (bicyclic) bond motifs is 2. The van der Waals surface area contributed by atoms with E-state index in [1.54, 1.807) is 6.20 Å². The maximum atomic E-state index is 12.7. The summed E-state index contributed by atoms with van der Waals surface area (Å²) < 4.78 is 0. The number of anilines is 2. The smallest absolute Gasteiger partial charge is 0.319 e. The van der Waals surface area contributed by atoms with Gasteiger partial charge in [0, 0.05) is 30.2 Å². The average molecular weight is 440 g/mol. The van der Waals surface area contributed by atoms with Crippen LogP contribution in [0.4, 0.5) is 16.2 Å². The number of aromatic amines is 1. The van der Waals surface area contributed by atoms with E-state index >= 15 is 0 Å². The van der Waals surface area contributed by atoms with Crippen molar-refractivity contribution in [2.75, 3.05) is 23.3 Å². The highest BCUT2D eigenvalue weighted by Crippen LogP contribution is 2.30. The zero-order valence-electron chi connectivity index (χ0n) is 18.6. The minimum atomic E-state index is -0.188. The van der Waals surface area contributed by atoms with E-state index in [9.17, 15) is 4.79 Å². The average Bonchev–Trinajstić information content (AvgIpc) is 3.34. The van der Waals surface area contributed by atoms with Crippen LogP contribution < -0.4 is 15.5 Å². The Labute approximate surface area is 194 Å². The minimum Gasteiger partial charge on any atom is -0.367 e. The molecule has 1 atom stereocenters. The third-order valence-electron chi connectivity index (χ3n) is 6.43. The van der Waals surface area contributed by atoms with Gasteiger partial charge in [-0.05, 0) is 55.0 Å². The number of hydrogen-bond acceptors (Lipinski definition) is 3. The standard InChI is InChI=1S/C27H29N5O/c33-27(30-24-12-6-13-25-23(24)19-29-31-25)28-18-22-16-15-21-11-4-5-14-26(21)32(22)17-7-10-20-8-2-1-3-9-20/h1-6,8-9,11-14,19,22H,7,10,15-18H2,(H,29,31)(H2,28,30,33). The highest BCUT2D eigenvalue weighted by molar-refractivity contribution is 6.00. The monoisotopic (exact) mass is 439 g/mol. The largest absolute Gasteiger partial charge is 0.367 e. The Morgan fingerprint density at radius 1 is 1.03 bits per heavy atom. The number of hydrogen-bond donors (Lipinski definition) is 3. The van der Waals surface area contributed by atoms with E-state index in [-0.39, 0.29) is 12.1 Å². The lowest BCUT2D eigenvalue weighted by Crippen LogP contribution is -2.48. The Balaban J connectivity index is 1.23. The third kappa shape index (κ3) is 4.85. The number of para-hydroxylation sites is 1. The molecule has 1 aliphatic rings.